The minimum absolute atomic E-state index is 0.215. The van der Waals surface area contributed by atoms with Crippen LogP contribution >= 0.6 is 0 Å². The fourth-order valence-electron chi connectivity index (χ4n) is 2.77. The first-order valence-corrected chi connectivity index (χ1v) is 7.55. The number of aryl methyl sites for hydroxylation is 1. The molecule has 0 spiro atoms. The maximum absolute atomic E-state index is 12.4. The maximum Gasteiger partial charge on any atom is 0.263 e. The molecule has 116 valence electrons. The Morgan fingerprint density at radius 3 is 2.52 bits per heavy atom. The van der Waals surface area contributed by atoms with Crippen LogP contribution in [0.25, 0.3) is 0 Å². The van der Waals surface area contributed by atoms with Crippen LogP contribution in [0.5, 0.6) is 0 Å². The summed E-state index contributed by atoms with van der Waals surface area (Å²) in [6.07, 6.45) is 3.47. The second-order valence-electron chi connectivity index (χ2n) is 6.48. The Bertz CT molecular complexity index is 569. The number of carbonyl (C=O) groups is 1. The van der Waals surface area contributed by atoms with Crippen LogP contribution in [0, 0.1) is 0 Å². The molecule has 2 rings (SSSR count). The van der Waals surface area contributed by atoms with Crippen LogP contribution in [-0.2, 0) is 7.05 Å². The van der Waals surface area contributed by atoms with Crippen molar-refractivity contribution in [1.29, 1.82) is 0 Å². The Labute approximate surface area is 126 Å². The van der Waals surface area contributed by atoms with Crippen molar-refractivity contribution in [3.05, 3.63) is 34.2 Å². The molecular formula is C16H25N3O2. The highest BCUT2D eigenvalue weighted by Crippen LogP contribution is 2.23. The lowest BCUT2D eigenvalue weighted by molar-refractivity contribution is 0.0800. The summed E-state index contributed by atoms with van der Waals surface area (Å²) in [7, 11) is 1.65. The molecule has 0 aromatic carbocycles. The van der Waals surface area contributed by atoms with Crippen molar-refractivity contribution in [2.45, 2.75) is 45.2 Å². The van der Waals surface area contributed by atoms with Crippen molar-refractivity contribution in [3.63, 3.8) is 0 Å². The summed E-state index contributed by atoms with van der Waals surface area (Å²) in [5.41, 5.74) is -0.269. The van der Waals surface area contributed by atoms with Gasteiger partial charge in [0.2, 0.25) is 0 Å². The summed E-state index contributed by atoms with van der Waals surface area (Å²) in [5.74, 6) is -0.267. The first-order chi connectivity index (χ1) is 9.82. The fourth-order valence-corrected chi connectivity index (χ4v) is 2.77. The van der Waals surface area contributed by atoms with Crippen molar-refractivity contribution in [1.82, 2.24) is 14.8 Å². The number of pyridine rings is 1. The molecule has 1 aromatic rings. The van der Waals surface area contributed by atoms with Crippen LogP contribution in [0.15, 0.2) is 23.1 Å². The Morgan fingerprint density at radius 1 is 1.33 bits per heavy atom. The van der Waals surface area contributed by atoms with Crippen LogP contribution < -0.4 is 10.9 Å². The molecular weight excluding hydrogens is 266 g/mol. The molecule has 1 aromatic heterocycles. The molecule has 0 radical (unpaired) electrons. The highest BCUT2D eigenvalue weighted by atomic mass is 16.2. The second kappa shape index (κ2) is 6.02. The third-order valence-corrected chi connectivity index (χ3v) is 4.42. The molecule has 0 unspecified atom stereocenters. The highest BCUT2D eigenvalue weighted by Gasteiger charge is 2.32. The van der Waals surface area contributed by atoms with E-state index in [1.807, 2.05) is 0 Å². The number of nitrogens with one attached hydrogen (secondary N) is 1. The van der Waals surface area contributed by atoms with Crippen molar-refractivity contribution in [2.75, 3.05) is 13.1 Å². The number of likely N-dealkylation sites (tertiary alicyclic amines) is 1. The number of aromatic nitrogens is 1. The van der Waals surface area contributed by atoms with Crippen molar-refractivity contribution in [3.8, 4) is 0 Å². The van der Waals surface area contributed by atoms with Gasteiger partial charge < -0.3 is 14.8 Å². The lowest BCUT2D eigenvalue weighted by Crippen LogP contribution is -2.55. The molecule has 1 N–H and O–H groups in total. The van der Waals surface area contributed by atoms with Crippen molar-refractivity contribution in [2.24, 2.45) is 7.05 Å². The first kappa shape index (κ1) is 15.8. The highest BCUT2D eigenvalue weighted by molar-refractivity contribution is 5.94. The zero-order valence-corrected chi connectivity index (χ0v) is 13.3. The summed E-state index contributed by atoms with van der Waals surface area (Å²) in [6, 6.07) is 3.84. The number of hydrogen-bond donors (Lipinski definition) is 1. The third kappa shape index (κ3) is 3.53. The molecule has 0 bridgehead atoms. The monoisotopic (exact) mass is 291 g/mol. The minimum Gasteiger partial charge on any atom is -0.347 e. The summed E-state index contributed by atoms with van der Waals surface area (Å²) in [6.45, 7) is 8.39. The van der Waals surface area contributed by atoms with Crippen molar-refractivity contribution >= 4 is 5.91 Å². The van der Waals surface area contributed by atoms with Crippen LogP contribution in [0.2, 0.25) is 0 Å². The molecule has 0 saturated carbocycles. The fraction of sp³-hybridized carbons (Fsp3) is 0.625. The molecule has 2 heterocycles. The zero-order chi connectivity index (χ0) is 15.6. The first-order valence-electron chi connectivity index (χ1n) is 7.55. The van der Waals surface area contributed by atoms with Gasteiger partial charge in [-0.3, -0.25) is 9.59 Å². The van der Waals surface area contributed by atoms with E-state index >= 15 is 0 Å². The molecule has 1 aliphatic heterocycles. The molecule has 1 fully saturated rings. The van der Waals surface area contributed by atoms with E-state index in [-0.39, 0.29) is 22.6 Å². The lowest BCUT2D eigenvalue weighted by atomic mass is 9.88. The smallest absolute Gasteiger partial charge is 0.263 e. The third-order valence-electron chi connectivity index (χ3n) is 4.42. The number of piperidine rings is 1. The van der Waals surface area contributed by atoms with E-state index in [2.05, 4.69) is 31.0 Å². The predicted molar refractivity (Wildman–Crippen MR) is 83.5 cm³/mol. The molecule has 5 nitrogen and oxygen atoms in total. The summed E-state index contributed by atoms with van der Waals surface area (Å²) in [5, 5.41) is 3.06. The lowest BCUT2D eigenvalue weighted by Gasteiger charge is -2.41. The van der Waals surface area contributed by atoms with E-state index in [1.165, 1.54) is 4.57 Å². The summed E-state index contributed by atoms with van der Waals surface area (Å²) in [4.78, 5) is 26.8. The van der Waals surface area contributed by atoms with E-state index in [4.69, 9.17) is 0 Å². The topological polar surface area (TPSA) is 54.3 Å². The van der Waals surface area contributed by atoms with E-state index in [0.29, 0.717) is 6.04 Å². The van der Waals surface area contributed by atoms with E-state index in [1.54, 1.807) is 25.4 Å². The van der Waals surface area contributed by atoms with Crippen LogP contribution in [0.3, 0.4) is 0 Å². The minimum atomic E-state index is -0.267. The molecule has 0 aliphatic carbocycles. The van der Waals surface area contributed by atoms with Crippen LogP contribution in [0.1, 0.15) is 44.0 Å². The number of nitrogens with zero attached hydrogens (tertiary/aromatic N) is 2. The standard InChI is InChI=1S/C16H25N3O2/c1-12(2)19-10-7-16(3,8-11-19)17-14(20)13-6-5-9-18(4)15(13)21/h5-6,9,12H,7-8,10-11H2,1-4H3,(H,17,20). The molecule has 5 heteroatoms. The van der Waals surface area contributed by atoms with Gasteiger partial charge in [0.25, 0.3) is 11.5 Å². The van der Waals surface area contributed by atoms with Crippen LogP contribution in [-0.4, -0.2) is 40.0 Å². The summed E-state index contributed by atoms with van der Waals surface area (Å²) >= 11 is 0. The van der Waals surface area contributed by atoms with Gasteiger partial charge in [0.15, 0.2) is 0 Å². The number of amides is 1. The van der Waals surface area contributed by atoms with E-state index < -0.39 is 0 Å². The average Bonchev–Trinajstić information content (AvgIpc) is 2.41. The van der Waals surface area contributed by atoms with Gasteiger partial charge in [-0.1, -0.05) is 0 Å². The van der Waals surface area contributed by atoms with Crippen LogP contribution in [0.4, 0.5) is 0 Å². The Hall–Kier alpha value is -1.62. The van der Waals surface area contributed by atoms with Crippen molar-refractivity contribution < 1.29 is 4.79 Å². The normalized spacial score (nSPS) is 18.7. The SMILES string of the molecule is CC(C)N1CCC(C)(NC(=O)c2cccn(C)c2=O)CC1. The van der Waals surface area contributed by atoms with E-state index in [9.17, 15) is 9.59 Å². The second-order valence-corrected chi connectivity index (χ2v) is 6.48. The maximum atomic E-state index is 12.4. The Balaban J connectivity index is 2.06. The molecule has 1 saturated heterocycles. The predicted octanol–water partition coefficient (Wildman–Crippen LogP) is 1.38. The summed E-state index contributed by atoms with van der Waals surface area (Å²) < 4.78 is 1.43. The number of hydrogen-bond acceptors (Lipinski definition) is 3. The Morgan fingerprint density at radius 2 is 1.95 bits per heavy atom. The van der Waals surface area contributed by atoms with Gasteiger partial charge >= 0.3 is 0 Å². The van der Waals surface area contributed by atoms with Gasteiger partial charge in [-0.15, -0.1) is 0 Å². The number of carbonyl (C=O) groups excluding carboxylic acids is 1. The number of rotatable bonds is 3. The quantitative estimate of drug-likeness (QED) is 0.915. The molecule has 1 aliphatic rings. The average molecular weight is 291 g/mol. The molecule has 21 heavy (non-hydrogen) atoms. The van der Waals surface area contributed by atoms with Gasteiger partial charge in [-0.05, 0) is 45.7 Å². The van der Waals surface area contributed by atoms with Gasteiger partial charge in [-0.25, -0.2) is 0 Å². The van der Waals surface area contributed by atoms with Gasteiger partial charge in [0.1, 0.15) is 5.56 Å². The van der Waals surface area contributed by atoms with Gasteiger partial charge in [0, 0.05) is 37.9 Å². The van der Waals surface area contributed by atoms with Gasteiger partial charge in [-0.2, -0.15) is 0 Å². The largest absolute Gasteiger partial charge is 0.347 e. The Kier molecular flexibility index (Phi) is 4.52. The molecule has 1 amide bonds. The van der Waals surface area contributed by atoms with E-state index in [0.717, 1.165) is 25.9 Å². The van der Waals surface area contributed by atoms with Gasteiger partial charge in [0.05, 0.1) is 0 Å². The molecule has 0 atom stereocenters. The zero-order valence-electron chi connectivity index (χ0n) is 13.3.